The smallest absolute Gasteiger partial charge is 0.251 e. The van der Waals surface area contributed by atoms with Crippen LogP contribution in [0.2, 0.25) is 0 Å². The number of nitrogens with zero attached hydrogens (tertiary/aromatic N) is 1. The van der Waals surface area contributed by atoms with Gasteiger partial charge < -0.3 is 11.1 Å². The molecule has 2 amide bonds. The molecule has 0 spiro atoms. The van der Waals surface area contributed by atoms with Crippen LogP contribution in [0.1, 0.15) is 28.8 Å². The zero-order valence-electron chi connectivity index (χ0n) is 13.0. The Hall–Kier alpha value is -2.25. The number of nitrogens with one attached hydrogen (secondary N) is 1. The Balaban J connectivity index is 1.65. The molecular formula is C17H18FN3O2S. The standard InChI is InChI=1S/C17H18FN3O2S/c18-14-4-2-1-3-11(14)9-21(12-5-6-12)10-15(22)20-17-13(16(19)23)7-8-24-17/h1-4,7-8,12H,5-6,9-10H2,(H2,19,23)(H,20,22). The van der Waals surface area contributed by atoms with Gasteiger partial charge in [0.15, 0.2) is 0 Å². The Morgan fingerprint density at radius 3 is 2.71 bits per heavy atom. The zero-order chi connectivity index (χ0) is 17.1. The Bertz CT molecular complexity index is 758. The van der Waals surface area contributed by atoms with Gasteiger partial charge in [-0.1, -0.05) is 18.2 Å². The third-order valence-electron chi connectivity index (χ3n) is 3.92. The maximum Gasteiger partial charge on any atom is 0.251 e. The van der Waals surface area contributed by atoms with Crippen molar-refractivity contribution in [3.05, 3.63) is 52.7 Å². The van der Waals surface area contributed by atoms with E-state index in [0.717, 1.165) is 12.8 Å². The molecule has 1 fully saturated rings. The zero-order valence-corrected chi connectivity index (χ0v) is 13.8. The summed E-state index contributed by atoms with van der Waals surface area (Å²) in [5.74, 6) is -1.07. The first-order valence-electron chi connectivity index (χ1n) is 7.69. The second-order valence-electron chi connectivity index (χ2n) is 5.80. The molecule has 0 bridgehead atoms. The molecule has 0 radical (unpaired) electrons. The van der Waals surface area contributed by atoms with Gasteiger partial charge in [0.05, 0.1) is 12.1 Å². The highest BCUT2D eigenvalue weighted by atomic mass is 32.1. The van der Waals surface area contributed by atoms with Crippen LogP contribution in [0.5, 0.6) is 0 Å². The molecule has 1 saturated carbocycles. The Morgan fingerprint density at radius 2 is 2.04 bits per heavy atom. The number of thiophene rings is 1. The second-order valence-corrected chi connectivity index (χ2v) is 6.72. The van der Waals surface area contributed by atoms with E-state index >= 15 is 0 Å². The number of nitrogens with two attached hydrogens (primary N) is 1. The van der Waals surface area contributed by atoms with Crippen molar-refractivity contribution in [2.45, 2.75) is 25.4 Å². The number of primary amides is 1. The van der Waals surface area contributed by atoms with Gasteiger partial charge in [0, 0.05) is 18.2 Å². The lowest BCUT2D eigenvalue weighted by Crippen LogP contribution is -2.35. The SMILES string of the molecule is NC(=O)c1ccsc1NC(=O)CN(Cc1ccccc1F)C1CC1. The highest BCUT2D eigenvalue weighted by molar-refractivity contribution is 7.14. The van der Waals surface area contributed by atoms with Gasteiger partial charge in [0.2, 0.25) is 5.91 Å². The fourth-order valence-corrected chi connectivity index (χ4v) is 3.36. The van der Waals surface area contributed by atoms with Gasteiger partial charge >= 0.3 is 0 Å². The number of amides is 2. The van der Waals surface area contributed by atoms with Gasteiger partial charge in [0.1, 0.15) is 10.8 Å². The van der Waals surface area contributed by atoms with E-state index in [4.69, 9.17) is 5.73 Å². The summed E-state index contributed by atoms with van der Waals surface area (Å²) < 4.78 is 13.8. The maximum absolute atomic E-state index is 13.8. The van der Waals surface area contributed by atoms with Gasteiger partial charge in [0.25, 0.3) is 5.91 Å². The molecule has 0 atom stereocenters. The molecule has 5 nitrogen and oxygen atoms in total. The van der Waals surface area contributed by atoms with E-state index in [2.05, 4.69) is 5.32 Å². The van der Waals surface area contributed by atoms with E-state index < -0.39 is 5.91 Å². The molecule has 1 aliphatic rings. The number of halogens is 1. The first-order chi connectivity index (χ1) is 11.5. The van der Waals surface area contributed by atoms with E-state index in [1.165, 1.54) is 17.4 Å². The predicted molar refractivity (Wildman–Crippen MR) is 91.3 cm³/mol. The van der Waals surface area contributed by atoms with Crippen LogP contribution >= 0.6 is 11.3 Å². The summed E-state index contributed by atoms with van der Waals surface area (Å²) in [5.41, 5.74) is 6.16. The monoisotopic (exact) mass is 347 g/mol. The van der Waals surface area contributed by atoms with Gasteiger partial charge in [-0.2, -0.15) is 0 Å². The summed E-state index contributed by atoms with van der Waals surface area (Å²) in [6, 6.07) is 8.47. The van der Waals surface area contributed by atoms with Gasteiger partial charge in [-0.3, -0.25) is 14.5 Å². The van der Waals surface area contributed by atoms with Crippen molar-refractivity contribution in [3.63, 3.8) is 0 Å². The van der Waals surface area contributed by atoms with Crippen LogP contribution in [-0.2, 0) is 11.3 Å². The summed E-state index contributed by atoms with van der Waals surface area (Å²) in [6.45, 7) is 0.535. The first-order valence-corrected chi connectivity index (χ1v) is 8.57. The number of carbonyl (C=O) groups is 2. The lowest BCUT2D eigenvalue weighted by Gasteiger charge is -2.21. The van der Waals surface area contributed by atoms with Gasteiger partial charge in [-0.15, -0.1) is 11.3 Å². The first kappa shape index (κ1) is 16.6. The lowest BCUT2D eigenvalue weighted by atomic mass is 10.2. The minimum atomic E-state index is -0.572. The molecule has 1 aliphatic carbocycles. The molecule has 1 aromatic heterocycles. The fraction of sp³-hybridized carbons (Fsp3) is 0.294. The third kappa shape index (κ3) is 3.98. The molecule has 24 heavy (non-hydrogen) atoms. The molecule has 3 rings (SSSR count). The van der Waals surface area contributed by atoms with Crippen molar-refractivity contribution < 1.29 is 14.0 Å². The predicted octanol–water partition coefficient (Wildman–Crippen LogP) is 2.59. The molecule has 7 heteroatoms. The Labute approximate surface area is 143 Å². The summed E-state index contributed by atoms with van der Waals surface area (Å²) in [6.07, 6.45) is 2.01. The molecule has 0 aliphatic heterocycles. The summed E-state index contributed by atoms with van der Waals surface area (Å²) >= 11 is 1.25. The fourth-order valence-electron chi connectivity index (χ4n) is 2.55. The minimum Gasteiger partial charge on any atom is -0.366 e. The molecular weight excluding hydrogens is 329 g/mol. The number of carbonyl (C=O) groups excluding carboxylic acids is 2. The van der Waals surface area contributed by atoms with E-state index in [9.17, 15) is 14.0 Å². The van der Waals surface area contributed by atoms with E-state index in [1.807, 2.05) is 4.90 Å². The molecule has 0 unspecified atom stereocenters. The molecule has 1 heterocycles. The number of hydrogen-bond donors (Lipinski definition) is 2. The molecule has 0 saturated heterocycles. The maximum atomic E-state index is 13.8. The van der Waals surface area contributed by atoms with E-state index in [0.29, 0.717) is 28.7 Å². The van der Waals surface area contributed by atoms with Crippen molar-refractivity contribution in [1.29, 1.82) is 0 Å². The van der Waals surface area contributed by atoms with Crippen LogP contribution in [-0.4, -0.2) is 29.3 Å². The lowest BCUT2D eigenvalue weighted by molar-refractivity contribution is -0.117. The van der Waals surface area contributed by atoms with Crippen LogP contribution in [0, 0.1) is 5.82 Å². The van der Waals surface area contributed by atoms with Crippen LogP contribution < -0.4 is 11.1 Å². The quantitative estimate of drug-likeness (QED) is 0.808. The molecule has 2 aromatic rings. The summed E-state index contributed by atoms with van der Waals surface area (Å²) in [7, 11) is 0. The Morgan fingerprint density at radius 1 is 1.29 bits per heavy atom. The summed E-state index contributed by atoms with van der Waals surface area (Å²) in [5, 5.41) is 4.88. The average molecular weight is 347 g/mol. The van der Waals surface area contributed by atoms with Gasteiger partial charge in [-0.25, -0.2) is 4.39 Å². The largest absolute Gasteiger partial charge is 0.366 e. The van der Waals surface area contributed by atoms with Crippen LogP contribution in [0.4, 0.5) is 9.39 Å². The number of hydrogen-bond acceptors (Lipinski definition) is 4. The molecule has 126 valence electrons. The van der Waals surface area contributed by atoms with Crippen molar-refractivity contribution in [2.75, 3.05) is 11.9 Å². The number of anilines is 1. The van der Waals surface area contributed by atoms with Crippen molar-refractivity contribution in [2.24, 2.45) is 5.73 Å². The summed E-state index contributed by atoms with van der Waals surface area (Å²) in [4.78, 5) is 25.6. The van der Waals surface area contributed by atoms with Gasteiger partial charge in [-0.05, 0) is 30.4 Å². The average Bonchev–Trinajstić information content (AvgIpc) is 3.28. The van der Waals surface area contributed by atoms with Crippen LogP contribution in [0.15, 0.2) is 35.7 Å². The van der Waals surface area contributed by atoms with Crippen molar-refractivity contribution >= 4 is 28.2 Å². The Kier molecular flexibility index (Phi) is 4.92. The highest BCUT2D eigenvalue weighted by Gasteiger charge is 2.31. The molecule has 1 aromatic carbocycles. The highest BCUT2D eigenvalue weighted by Crippen LogP contribution is 2.29. The van der Waals surface area contributed by atoms with Crippen LogP contribution in [0.3, 0.4) is 0 Å². The molecule has 3 N–H and O–H groups in total. The third-order valence-corrected chi connectivity index (χ3v) is 4.75. The van der Waals surface area contributed by atoms with Crippen molar-refractivity contribution in [1.82, 2.24) is 4.90 Å². The van der Waals surface area contributed by atoms with Crippen molar-refractivity contribution in [3.8, 4) is 0 Å². The normalized spacial score (nSPS) is 13.9. The number of rotatable bonds is 7. The second kappa shape index (κ2) is 7.11. The van der Waals surface area contributed by atoms with Crippen LogP contribution in [0.25, 0.3) is 0 Å². The van der Waals surface area contributed by atoms with E-state index in [1.54, 1.807) is 29.6 Å². The minimum absolute atomic E-state index is 0.148. The number of benzene rings is 1. The van der Waals surface area contributed by atoms with E-state index in [-0.39, 0.29) is 18.3 Å². The topological polar surface area (TPSA) is 75.4 Å².